The Hall–Kier alpha value is -3.71. The summed E-state index contributed by atoms with van der Waals surface area (Å²) in [6, 6.07) is 18.7. The minimum absolute atomic E-state index is 0.0666. The largest absolute Gasteiger partial charge is 0.335 e. The molecular weight excluding hydrogens is 464 g/mol. The van der Waals surface area contributed by atoms with Crippen LogP contribution in [0.3, 0.4) is 0 Å². The lowest BCUT2D eigenvalue weighted by molar-refractivity contribution is -0.136. The van der Waals surface area contributed by atoms with Gasteiger partial charge >= 0.3 is 0 Å². The number of rotatable bonds is 6. The Morgan fingerprint density at radius 2 is 1.91 bits per heavy atom. The fourth-order valence-corrected chi connectivity index (χ4v) is 4.93. The summed E-state index contributed by atoms with van der Waals surface area (Å²) >= 11 is 6.08. The van der Waals surface area contributed by atoms with Crippen molar-refractivity contribution in [2.45, 2.75) is 26.3 Å². The van der Waals surface area contributed by atoms with Crippen molar-refractivity contribution in [2.24, 2.45) is 5.92 Å². The summed E-state index contributed by atoms with van der Waals surface area (Å²) in [6.07, 6.45) is 0.891. The van der Waals surface area contributed by atoms with Gasteiger partial charge in [-0.05, 0) is 36.1 Å². The predicted molar refractivity (Wildman–Crippen MR) is 137 cm³/mol. The summed E-state index contributed by atoms with van der Waals surface area (Å²) in [5, 5.41) is 2.96. The molecule has 1 saturated heterocycles. The van der Waals surface area contributed by atoms with E-state index in [4.69, 9.17) is 11.6 Å². The van der Waals surface area contributed by atoms with E-state index in [9.17, 15) is 14.4 Å². The van der Waals surface area contributed by atoms with Gasteiger partial charge < -0.3 is 14.8 Å². The van der Waals surface area contributed by atoms with Crippen molar-refractivity contribution in [1.29, 1.82) is 0 Å². The number of anilines is 1. The summed E-state index contributed by atoms with van der Waals surface area (Å²) in [5.74, 6) is -0.253. The van der Waals surface area contributed by atoms with Gasteiger partial charge in [-0.2, -0.15) is 0 Å². The first-order chi connectivity index (χ1) is 16.9. The highest BCUT2D eigenvalue weighted by atomic mass is 35.5. The van der Waals surface area contributed by atoms with Crippen molar-refractivity contribution < 1.29 is 9.59 Å². The maximum atomic E-state index is 13.5. The quantitative estimate of drug-likeness (QED) is 0.432. The summed E-state index contributed by atoms with van der Waals surface area (Å²) in [4.78, 5) is 49.8. The summed E-state index contributed by atoms with van der Waals surface area (Å²) in [6.45, 7) is 2.96. The van der Waals surface area contributed by atoms with Gasteiger partial charge in [-0.1, -0.05) is 54.9 Å². The molecule has 0 bridgehead atoms. The van der Waals surface area contributed by atoms with Gasteiger partial charge in [0.2, 0.25) is 11.8 Å². The fourth-order valence-electron chi connectivity index (χ4n) is 4.76. The highest BCUT2D eigenvalue weighted by Crippen LogP contribution is 2.32. The molecule has 2 amide bonds. The van der Waals surface area contributed by atoms with E-state index < -0.39 is 5.92 Å². The lowest BCUT2D eigenvalue weighted by atomic mass is 10.1. The number of fused-ring (bicyclic) bond motifs is 2. The zero-order valence-corrected chi connectivity index (χ0v) is 20.1. The Morgan fingerprint density at radius 3 is 2.74 bits per heavy atom. The Bertz CT molecular complexity index is 1490. The third-order valence-electron chi connectivity index (χ3n) is 6.40. The van der Waals surface area contributed by atoms with E-state index in [1.807, 2.05) is 49.4 Å². The van der Waals surface area contributed by atoms with Crippen LogP contribution >= 0.6 is 11.6 Å². The van der Waals surface area contributed by atoms with Crippen molar-refractivity contribution in [1.82, 2.24) is 14.9 Å². The van der Waals surface area contributed by atoms with Crippen molar-refractivity contribution in [2.75, 3.05) is 18.0 Å². The third kappa shape index (κ3) is 4.51. The van der Waals surface area contributed by atoms with Gasteiger partial charge in [-0.25, -0.2) is 4.98 Å². The summed E-state index contributed by atoms with van der Waals surface area (Å²) < 4.78 is 0. The molecule has 2 heterocycles. The van der Waals surface area contributed by atoms with Gasteiger partial charge in [0.15, 0.2) is 0 Å². The first kappa shape index (κ1) is 23.1. The molecule has 1 aromatic heterocycles. The smallest absolute Gasteiger partial charge is 0.258 e. The van der Waals surface area contributed by atoms with Crippen LogP contribution < -0.4 is 10.5 Å². The van der Waals surface area contributed by atoms with Crippen LogP contribution in [0.4, 0.5) is 5.69 Å². The molecule has 7 nitrogen and oxygen atoms in total. The first-order valence-electron chi connectivity index (χ1n) is 11.7. The minimum atomic E-state index is -0.463. The highest BCUT2D eigenvalue weighted by Gasteiger charge is 2.37. The number of hydrogen-bond donors (Lipinski definition) is 1. The van der Waals surface area contributed by atoms with E-state index in [-0.39, 0.29) is 30.3 Å². The first-order valence-corrected chi connectivity index (χ1v) is 12.1. The molecule has 1 fully saturated rings. The van der Waals surface area contributed by atoms with Gasteiger partial charge in [-0.15, -0.1) is 0 Å². The van der Waals surface area contributed by atoms with E-state index in [0.717, 1.165) is 22.9 Å². The van der Waals surface area contributed by atoms with Crippen LogP contribution in [0.2, 0.25) is 5.02 Å². The molecule has 0 aliphatic carbocycles. The van der Waals surface area contributed by atoms with Crippen molar-refractivity contribution in [3.05, 3.63) is 81.9 Å². The van der Waals surface area contributed by atoms with Crippen LogP contribution in [0.5, 0.6) is 0 Å². The summed E-state index contributed by atoms with van der Waals surface area (Å²) in [7, 11) is 0. The molecular formula is C27H25ClN4O3. The number of aromatic amines is 1. The fraction of sp³-hybridized carbons (Fsp3) is 0.259. The molecule has 0 saturated carbocycles. The highest BCUT2D eigenvalue weighted by molar-refractivity contribution is 6.31. The second-order valence-corrected chi connectivity index (χ2v) is 9.27. The standard InChI is InChI=1S/C27H25ClN4O3/c1-2-12-31(16-24-29-22-14-19(28)10-11-21(22)26(34)30-24)27(35)18-13-25(33)32(15-18)23-9-5-7-17-6-3-4-8-20(17)23/h3-11,14,18H,2,12-13,15-16H2,1H3,(H,29,30,34). The number of halogens is 1. The molecule has 1 aliphatic heterocycles. The molecule has 178 valence electrons. The molecule has 8 heteroatoms. The van der Waals surface area contributed by atoms with E-state index in [1.54, 1.807) is 28.0 Å². The Balaban J connectivity index is 1.39. The second kappa shape index (κ2) is 9.50. The van der Waals surface area contributed by atoms with Crippen molar-refractivity contribution >= 4 is 50.8 Å². The zero-order valence-electron chi connectivity index (χ0n) is 19.3. The van der Waals surface area contributed by atoms with Gasteiger partial charge in [0, 0.05) is 29.9 Å². The van der Waals surface area contributed by atoms with Crippen LogP contribution in [-0.2, 0) is 16.1 Å². The number of carbonyl (C=O) groups is 2. The maximum Gasteiger partial charge on any atom is 0.258 e. The number of nitrogens with zero attached hydrogens (tertiary/aromatic N) is 3. The topological polar surface area (TPSA) is 86.4 Å². The number of amides is 2. The Labute approximate surface area is 207 Å². The number of nitrogens with one attached hydrogen (secondary N) is 1. The molecule has 0 radical (unpaired) electrons. The second-order valence-electron chi connectivity index (χ2n) is 8.84. The average molecular weight is 489 g/mol. The molecule has 1 aliphatic rings. The predicted octanol–water partition coefficient (Wildman–Crippen LogP) is 4.52. The number of hydrogen-bond acceptors (Lipinski definition) is 4. The monoisotopic (exact) mass is 488 g/mol. The van der Waals surface area contributed by atoms with Crippen LogP contribution in [0.15, 0.2) is 65.5 Å². The van der Waals surface area contributed by atoms with E-state index >= 15 is 0 Å². The van der Waals surface area contributed by atoms with Crippen molar-refractivity contribution in [3.8, 4) is 0 Å². The molecule has 1 N–H and O–H groups in total. The number of benzene rings is 3. The van der Waals surface area contributed by atoms with Crippen LogP contribution in [0.1, 0.15) is 25.6 Å². The van der Waals surface area contributed by atoms with Crippen LogP contribution in [0.25, 0.3) is 21.7 Å². The van der Waals surface area contributed by atoms with Crippen molar-refractivity contribution in [3.63, 3.8) is 0 Å². The SMILES string of the molecule is CCCN(Cc1nc2cc(Cl)ccc2c(=O)[nH]1)C(=O)C1CC(=O)N(c2cccc3ccccc23)C1. The van der Waals surface area contributed by atoms with Crippen LogP contribution in [-0.4, -0.2) is 39.8 Å². The average Bonchev–Trinajstić information content (AvgIpc) is 3.24. The normalized spacial score (nSPS) is 15.8. The van der Waals surface area contributed by atoms with E-state index in [1.165, 1.54) is 0 Å². The molecule has 4 aromatic rings. The lowest BCUT2D eigenvalue weighted by Gasteiger charge is -2.25. The Kier molecular flexibility index (Phi) is 6.26. The number of carbonyl (C=O) groups excluding carboxylic acids is 2. The van der Waals surface area contributed by atoms with Crippen LogP contribution in [0, 0.1) is 5.92 Å². The van der Waals surface area contributed by atoms with E-state index in [2.05, 4.69) is 9.97 Å². The molecule has 1 unspecified atom stereocenters. The number of H-pyrrole nitrogens is 1. The third-order valence-corrected chi connectivity index (χ3v) is 6.63. The zero-order chi connectivity index (χ0) is 24.5. The molecule has 35 heavy (non-hydrogen) atoms. The molecule has 5 rings (SSSR count). The Morgan fingerprint density at radius 1 is 1.11 bits per heavy atom. The molecule has 1 atom stereocenters. The van der Waals surface area contributed by atoms with E-state index in [0.29, 0.717) is 34.8 Å². The lowest BCUT2D eigenvalue weighted by Crippen LogP contribution is -2.38. The van der Waals surface area contributed by atoms with Gasteiger partial charge in [0.25, 0.3) is 5.56 Å². The molecule has 3 aromatic carbocycles. The van der Waals surface area contributed by atoms with Gasteiger partial charge in [-0.3, -0.25) is 14.4 Å². The maximum absolute atomic E-state index is 13.5. The van der Waals surface area contributed by atoms with Gasteiger partial charge in [0.1, 0.15) is 5.82 Å². The van der Waals surface area contributed by atoms with Gasteiger partial charge in [0.05, 0.1) is 29.1 Å². The summed E-state index contributed by atoms with van der Waals surface area (Å²) in [5.41, 5.74) is 1.03. The minimum Gasteiger partial charge on any atom is -0.335 e. The number of aromatic nitrogens is 2. The molecule has 0 spiro atoms.